The first-order valence-electron chi connectivity index (χ1n) is 2.96. The summed E-state index contributed by atoms with van der Waals surface area (Å²) in [6, 6.07) is 0. The van der Waals surface area contributed by atoms with Crippen molar-refractivity contribution < 1.29 is 0 Å². The van der Waals surface area contributed by atoms with Gasteiger partial charge in [-0.2, -0.15) is 0 Å². The number of hydrogen-bond acceptors (Lipinski definition) is 0. The summed E-state index contributed by atoms with van der Waals surface area (Å²) in [4.78, 5) is 0. The van der Waals surface area contributed by atoms with Crippen LogP contribution in [0.25, 0.3) is 0 Å². The molecule has 14 heavy (non-hydrogen) atoms. The summed E-state index contributed by atoms with van der Waals surface area (Å²) in [6.07, 6.45) is 0. The lowest BCUT2D eigenvalue weighted by Gasteiger charge is -2.32. The van der Waals surface area contributed by atoms with E-state index in [1.165, 1.54) is 0 Å². The highest BCUT2D eigenvalue weighted by atomic mass is 35.5. The lowest BCUT2D eigenvalue weighted by molar-refractivity contribution is 1.06. The Morgan fingerprint density at radius 2 is 0.857 bits per heavy atom. The highest BCUT2D eigenvalue weighted by Crippen LogP contribution is 2.43. The fourth-order valence-corrected chi connectivity index (χ4v) is 7.07. The van der Waals surface area contributed by atoms with Crippen LogP contribution in [-0.4, -0.2) is 35.9 Å². The highest BCUT2D eigenvalue weighted by Gasteiger charge is 2.49. The van der Waals surface area contributed by atoms with Crippen molar-refractivity contribution in [3.63, 3.8) is 0 Å². The van der Waals surface area contributed by atoms with Crippen molar-refractivity contribution in [2.75, 3.05) is 0 Å². The second kappa shape index (κ2) is 6.62. The quantitative estimate of drug-likeness (QED) is 0.489. The standard InChI is InChI=1S/C4H2Cl8Si2/c5-1(6)13-3(9,10)4(11,12)14-2(7)8/h1-2H. The van der Waals surface area contributed by atoms with Gasteiger partial charge in [0.25, 0.3) is 0 Å². The molecule has 4 radical (unpaired) electrons. The molecule has 82 valence electrons. The van der Waals surface area contributed by atoms with Crippen LogP contribution >= 0.6 is 92.8 Å². The van der Waals surface area contributed by atoms with Crippen molar-refractivity contribution >= 4 is 112 Å². The average molecular weight is 390 g/mol. The van der Waals surface area contributed by atoms with Crippen LogP contribution in [0.5, 0.6) is 0 Å². The molecule has 10 heteroatoms. The summed E-state index contributed by atoms with van der Waals surface area (Å²) in [5.74, 6) is 0. The average Bonchev–Trinajstić information content (AvgIpc) is 1.78. The molecule has 0 aromatic heterocycles. The van der Waals surface area contributed by atoms with Gasteiger partial charge in [0.15, 0.2) is 0 Å². The Morgan fingerprint density at radius 1 is 0.643 bits per heavy atom. The second-order valence-corrected chi connectivity index (χ2v) is 12.8. The fourth-order valence-electron chi connectivity index (χ4n) is 0.455. The Kier molecular flexibility index (Phi) is 7.93. The van der Waals surface area contributed by atoms with Gasteiger partial charge in [0.2, 0.25) is 0 Å². The largest absolute Gasteiger partial charge is 0.135 e. The summed E-state index contributed by atoms with van der Waals surface area (Å²) in [6.45, 7) is 0. The van der Waals surface area contributed by atoms with E-state index in [0.717, 1.165) is 0 Å². The van der Waals surface area contributed by atoms with E-state index in [2.05, 4.69) is 0 Å². The molecule has 0 unspecified atom stereocenters. The van der Waals surface area contributed by atoms with Crippen LogP contribution in [0.15, 0.2) is 0 Å². The summed E-state index contributed by atoms with van der Waals surface area (Å²) in [5, 5.41) is 0. The number of alkyl halides is 8. The lowest BCUT2D eigenvalue weighted by Crippen LogP contribution is -2.49. The van der Waals surface area contributed by atoms with E-state index >= 15 is 0 Å². The van der Waals surface area contributed by atoms with Crippen molar-refractivity contribution in [3.8, 4) is 0 Å². The highest BCUT2D eigenvalue weighted by molar-refractivity contribution is 6.94. The normalized spacial score (nSPS) is 14.1. The summed E-state index contributed by atoms with van der Waals surface area (Å²) in [7, 11) is -0.492. The Morgan fingerprint density at radius 3 is 1.00 bits per heavy atom. The molecule has 0 aromatic rings. The smallest absolute Gasteiger partial charge is 0.110 e. The van der Waals surface area contributed by atoms with Crippen molar-refractivity contribution in [1.29, 1.82) is 0 Å². The van der Waals surface area contributed by atoms with Gasteiger partial charge in [-0.05, 0) is 0 Å². The minimum Gasteiger partial charge on any atom is -0.110 e. The molecule has 0 fully saturated rings. The van der Waals surface area contributed by atoms with E-state index in [9.17, 15) is 0 Å². The first kappa shape index (κ1) is 16.8. The minimum atomic E-state index is -1.47. The lowest BCUT2D eigenvalue weighted by atomic mass is 10.9. The van der Waals surface area contributed by atoms with Gasteiger partial charge >= 0.3 is 0 Å². The number of hydrogen-bond donors (Lipinski definition) is 0. The van der Waals surface area contributed by atoms with Crippen LogP contribution < -0.4 is 0 Å². The maximum Gasteiger partial charge on any atom is 0.135 e. The molecule has 0 bridgehead atoms. The molecule has 0 spiro atoms. The molecule has 0 saturated carbocycles. The minimum absolute atomic E-state index is 0.246. The zero-order valence-electron chi connectivity index (χ0n) is 6.18. The van der Waals surface area contributed by atoms with Gasteiger partial charge in [0.1, 0.15) is 27.0 Å². The molecule has 0 aromatic carbocycles. The van der Waals surface area contributed by atoms with Gasteiger partial charge in [0.05, 0.1) is 8.92 Å². The molecule has 0 nitrogen and oxygen atoms in total. The molecular formula is C4H2Cl8Si2. The van der Waals surface area contributed by atoms with E-state index in [0.29, 0.717) is 0 Å². The Hall–Kier alpha value is 2.75. The van der Waals surface area contributed by atoms with Gasteiger partial charge in [-0.25, -0.2) is 0 Å². The summed E-state index contributed by atoms with van der Waals surface area (Å²) >= 11 is 45.7. The fraction of sp³-hybridized carbons (Fsp3) is 1.00. The van der Waals surface area contributed by atoms with Crippen LogP contribution in [0.2, 0.25) is 0 Å². The zero-order chi connectivity index (χ0) is 11.6. The summed E-state index contributed by atoms with van der Waals surface area (Å²) in [5.41, 5.74) is 0. The van der Waals surface area contributed by atoms with E-state index < -0.39 is 16.8 Å². The van der Waals surface area contributed by atoms with E-state index in [-0.39, 0.29) is 19.0 Å². The SMILES string of the molecule is ClC(Cl)[Si]C(Cl)(Cl)C(Cl)(Cl)[Si]C(Cl)Cl. The van der Waals surface area contributed by atoms with Crippen LogP contribution in [0.1, 0.15) is 0 Å². The zero-order valence-corrected chi connectivity index (χ0v) is 14.2. The van der Waals surface area contributed by atoms with E-state index in [4.69, 9.17) is 92.8 Å². The molecule has 0 aliphatic rings. The molecule has 0 saturated heterocycles. The predicted octanol–water partition coefficient (Wildman–Crippen LogP) is 4.18. The van der Waals surface area contributed by atoms with Crippen LogP contribution in [-0.2, 0) is 0 Å². The van der Waals surface area contributed by atoms with Gasteiger partial charge in [-0.15, -0.1) is 92.8 Å². The Balaban J connectivity index is 4.51. The Bertz CT molecular complexity index is 160. The van der Waals surface area contributed by atoms with E-state index in [1.54, 1.807) is 0 Å². The summed E-state index contributed by atoms with van der Waals surface area (Å²) < 4.78 is -4.42. The number of rotatable bonds is 5. The van der Waals surface area contributed by atoms with Gasteiger partial charge in [0, 0.05) is 0 Å². The van der Waals surface area contributed by atoms with E-state index in [1.807, 2.05) is 0 Å². The van der Waals surface area contributed by atoms with Crippen LogP contribution in [0.3, 0.4) is 0 Å². The monoisotopic (exact) mass is 386 g/mol. The van der Waals surface area contributed by atoms with Crippen LogP contribution in [0, 0.1) is 0 Å². The molecule has 0 aliphatic heterocycles. The van der Waals surface area contributed by atoms with Crippen molar-refractivity contribution in [3.05, 3.63) is 0 Å². The van der Waals surface area contributed by atoms with Gasteiger partial charge in [-0.3, -0.25) is 0 Å². The molecular weight excluding hydrogens is 388 g/mol. The predicted molar refractivity (Wildman–Crippen MR) is 71.4 cm³/mol. The van der Waals surface area contributed by atoms with Crippen LogP contribution in [0.4, 0.5) is 0 Å². The number of halogens is 8. The maximum absolute atomic E-state index is 5.90. The maximum atomic E-state index is 5.90. The van der Waals surface area contributed by atoms with Crippen molar-refractivity contribution in [2.45, 2.75) is 16.8 Å². The molecule has 0 aliphatic carbocycles. The molecule has 0 heterocycles. The molecule has 0 N–H and O–H groups in total. The Labute approximate surface area is 127 Å². The topological polar surface area (TPSA) is 0 Å². The van der Waals surface area contributed by atoms with Crippen molar-refractivity contribution in [2.24, 2.45) is 0 Å². The van der Waals surface area contributed by atoms with Gasteiger partial charge in [-0.1, -0.05) is 0 Å². The van der Waals surface area contributed by atoms with Crippen molar-refractivity contribution in [1.82, 2.24) is 0 Å². The third-order valence-electron chi connectivity index (χ3n) is 0.975. The third-order valence-corrected chi connectivity index (χ3v) is 7.91. The molecule has 0 atom stereocenters. The first-order chi connectivity index (χ1) is 6.08. The first-order valence-corrected chi connectivity index (χ1v) is 8.37. The molecule has 0 amide bonds. The third kappa shape index (κ3) is 5.90. The molecule has 0 rings (SSSR count). The van der Waals surface area contributed by atoms with Gasteiger partial charge < -0.3 is 0 Å². The second-order valence-electron chi connectivity index (χ2n) is 2.04.